The van der Waals surface area contributed by atoms with Crippen molar-refractivity contribution in [3.63, 3.8) is 0 Å². The van der Waals surface area contributed by atoms with Crippen LogP contribution in [0.1, 0.15) is 47.9 Å². The molecule has 4 rings (SSSR count). The maximum atomic E-state index is 12.9. The molecule has 2 bridgehead atoms. The molecule has 0 spiro atoms. The second-order valence-corrected chi connectivity index (χ2v) is 7.19. The first-order valence-electron chi connectivity index (χ1n) is 7.57. The number of carbonyl (C=O) groups excluding carboxylic acids is 2. The summed E-state index contributed by atoms with van der Waals surface area (Å²) in [5.74, 6) is -0.973. The van der Waals surface area contributed by atoms with Crippen LogP contribution in [0.25, 0.3) is 0 Å². The number of benzene rings is 1. The van der Waals surface area contributed by atoms with Crippen LogP contribution < -0.4 is 0 Å². The molecule has 1 saturated heterocycles. The van der Waals surface area contributed by atoms with E-state index in [2.05, 4.69) is 0 Å². The Morgan fingerprint density at radius 2 is 1.73 bits per heavy atom. The lowest BCUT2D eigenvalue weighted by atomic mass is 9.73. The van der Waals surface area contributed by atoms with E-state index in [9.17, 15) is 9.59 Å². The van der Waals surface area contributed by atoms with Gasteiger partial charge in [0.15, 0.2) is 17.4 Å². The molecule has 4 nitrogen and oxygen atoms in total. The Morgan fingerprint density at radius 1 is 1.09 bits per heavy atom. The molecular weight excluding hydrogens is 280 g/mol. The van der Waals surface area contributed by atoms with E-state index in [4.69, 9.17) is 9.47 Å². The zero-order valence-electron chi connectivity index (χ0n) is 12.9. The average Bonchev–Trinajstić information content (AvgIpc) is 2.83. The molecule has 3 aliphatic rings. The minimum Gasteiger partial charge on any atom is -0.346 e. The van der Waals surface area contributed by atoms with Crippen molar-refractivity contribution in [2.24, 2.45) is 5.41 Å². The van der Waals surface area contributed by atoms with Gasteiger partial charge in [-0.2, -0.15) is 0 Å². The Hall–Kier alpha value is -1.78. The smallest absolute Gasteiger partial charge is 0.192 e. The number of hydrogen-bond acceptors (Lipinski definition) is 4. The van der Waals surface area contributed by atoms with Crippen molar-refractivity contribution in [1.82, 2.24) is 0 Å². The van der Waals surface area contributed by atoms with Crippen molar-refractivity contribution in [3.8, 4) is 0 Å². The van der Waals surface area contributed by atoms with Gasteiger partial charge in [0.05, 0.1) is 6.61 Å². The maximum absolute atomic E-state index is 12.9. The number of rotatable bonds is 0. The quantitative estimate of drug-likeness (QED) is 0.739. The molecule has 2 atom stereocenters. The minimum atomic E-state index is -0.821. The van der Waals surface area contributed by atoms with Crippen LogP contribution in [-0.2, 0) is 9.47 Å². The van der Waals surface area contributed by atoms with Crippen LogP contribution in [0, 0.1) is 5.41 Å². The minimum absolute atomic E-state index is 0.0578. The van der Waals surface area contributed by atoms with Crippen molar-refractivity contribution in [2.75, 3.05) is 6.61 Å². The first kappa shape index (κ1) is 13.9. The molecule has 4 heteroatoms. The molecule has 1 aromatic carbocycles. The standard InChI is InChI=1S/C18H18O4/c1-17(2,3)18-8-12-14(13(22-18)9-21-18)16(20)11-7-5-4-6-10(11)15(12)19/h4-7,13H,8-9H2,1-3H3/t13-,18+/m0/s1. The Bertz CT molecular complexity index is 738. The van der Waals surface area contributed by atoms with Crippen LogP contribution >= 0.6 is 0 Å². The molecule has 1 aromatic rings. The molecule has 2 heterocycles. The Labute approximate surface area is 129 Å². The van der Waals surface area contributed by atoms with E-state index in [-0.39, 0.29) is 17.0 Å². The van der Waals surface area contributed by atoms with Crippen molar-refractivity contribution < 1.29 is 19.1 Å². The molecule has 0 N–H and O–H groups in total. The van der Waals surface area contributed by atoms with Crippen LogP contribution in [0.2, 0.25) is 0 Å². The second kappa shape index (κ2) is 4.15. The number of carbonyl (C=O) groups is 2. The fourth-order valence-corrected chi connectivity index (χ4v) is 3.60. The lowest BCUT2D eigenvalue weighted by Crippen LogP contribution is -2.49. The predicted octanol–water partition coefficient (Wildman–Crippen LogP) is 2.92. The van der Waals surface area contributed by atoms with Gasteiger partial charge in [0, 0.05) is 34.1 Å². The number of fused-ring (bicyclic) bond motifs is 4. The Morgan fingerprint density at radius 3 is 2.36 bits per heavy atom. The van der Waals surface area contributed by atoms with Gasteiger partial charge >= 0.3 is 0 Å². The molecule has 0 radical (unpaired) electrons. The molecule has 0 saturated carbocycles. The van der Waals surface area contributed by atoms with Crippen LogP contribution in [0.5, 0.6) is 0 Å². The Kier molecular flexibility index (Phi) is 2.61. The summed E-state index contributed by atoms with van der Waals surface area (Å²) < 4.78 is 12.0. The molecular formula is C18H18O4. The molecule has 1 aliphatic carbocycles. The van der Waals surface area contributed by atoms with Crippen LogP contribution in [0.4, 0.5) is 0 Å². The van der Waals surface area contributed by atoms with E-state index in [1.54, 1.807) is 24.3 Å². The summed E-state index contributed by atoms with van der Waals surface area (Å²) >= 11 is 0. The van der Waals surface area contributed by atoms with Crippen LogP contribution in [0.3, 0.4) is 0 Å². The first-order chi connectivity index (χ1) is 10.3. The highest BCUT2D eigenvalue weighted by Crippen LogP contribution is 2.51. The van der Waals surface area contributed by atoms with E-state index in [0.717, 1.165) is 0 Å². The maximum Gasteiger partial charge on any atom is 0.192 e. The summed E-state index contributed by atoms with van der Waals surface area (Å²) in [5, 5.41) is 0. The van der Waals surface area contributed by atoms with Gasteiger partial charge in [-0.05, 0) is 0 Å². The van der Waals surface area contributed by atoms with E-state index in [1.165, 1.54) is 0 Å². The number of ketones is 2. The van der Waals surface area contributed by atoms with Crippen molar-refractivity contribution >= 4 is 11.6 Å². The van der Waals surface area contributed by atoms with Gasteiger partial charge in [0.25, 0.3) is 0 Å². The molecule has 114 valence electrons. The predicted molar refractivity (Wildman–Crippen MR) is 79.8 cm³/mol. The largest absolute Gasteiger partial charge is 0.346 e. The van der Waals surface area contributed by atoms with E-state index < -0.39 is 11.9 Å². The van der Waals surface area contributed by atoms with Gasteiger partial charge < -0.3 is 9.47 Å². The van der Waals surface area contributed by atoms with Gasteiger partial charge in [-0.25, -0.2) is 0 Å². The number of hydrogen-bond donors (Lipinski definition) is 0. The van der Waals surface area contributed by atoms with Gasteiger partial charge in [0.2, 0.25) is 0 Å². The summed E-state index contributed by atoms with van der Waals surface area (Å²) in [5.41, 5.74) is 1.77. The average molecular weight is 298 g/mol. The van der Waals surface area contributed by atoms with Crippen molar-refractivity contribution in [2.45, 2.75) is 39.1 Å². The zero-order chi connectivity index (χ0) is 15.7. The fourth-order valence-electron chi connectivity index (χ4n) is 3.60. The van der Waals surface area contributed by atoms with Crippen LogP contribution in [-0.4, -0.2) is 30.1 Å². The third-order valence-corrected chi connectivity index (χ3v) is 4.93. The molecule has 22 heavy (non-hydrogen) atoms. The molecule has 1 fully saturated rings. The van der Waals surface area contributed by atoms with Gasteiger partial charge in [-0.15, -0.1) is 0 Å². The lowest BCUT2D eigenvalue weighted by molar-refractivity contribution is -0.230. The number of ether oxygens (including phenoxy) is 2. The summed E-state index contributed by atoms with van der Waals surface area (Å²) in [6, 6.07) is 7.01. The lowest BCUT2D eigenvalue weighted by Gasteiger charge is -2.43. The van der Waals surface area contributed by atoms with Gasteiger partial charge in [-0.1, -0.05) is 45.0 Å². The summed E-state index contributed by atoms with van der Waals surface area (Å²) in [6.07, 6.45) is -0.103. The third kappa shape index (κ3) is 1.59. The van der Waals surface area contributed by atoms with E-state index in [0.29, 0.717) is 35.3 Å². The highest BCUT2D eigenvalue weighted by atomic mass is 16.7. The topological polar surface area (TPSA) is 52.6 Å². The third-order valence-electron chi connectivity index (χ3n) is 4.93. The fraction of sp³-hybridized carbons (Fsp3) is 0.444. The molecule has 2 aliphatic heterocycles. The highest BCUT2D eigenvalue weighted by Gasteiger charge is 2.58. The summed E-state index contributed by atoms with van der Waals surface area (Å²) in [7, 11) is 0. The van der Waals surface area contributed by atoms with Gasteiger partial charge in [-0.3, -0.25) is 9.59 Å². The SMILES string of the molecule is CC(C)(C)[C@]12CC3=C(C(=O)c4ccccc4C3=O)[C@H](CO1)O2. The first-order valence-corrected chi connectivity index (χ1v) is 7.57. The Balaban J connectivity index is 1.88. The number of Topliss-reactive ketones (excluding diaryl/α,β-unsaturated/α-hetero) is 2. The van der Waals surface area contributed by atoms with Gasteiger partial charge in [0.1, 0.15) is 6.10 Å². The zero-order valence-corrected chi connectivity index (χ0v) is 12.9. The molecule has 0 aromatic heterocycles. The van der Waals surface area contributed by atoms with E-state index >= 15 is 0 Å². The van der Waals surface area contributed by atoms with Crippen LogP contribution in [0.15, 0.2) is 35.4 Å². The molecule has 0 unspecified atom stereocenters. The summed E-state index contributed by atoms with van der Waals surface area (Å²) in [6.45, 7) is 6.43. The van der Waals surface area contributed by atoms with E-state index in [1.807, 2.05) is 20.8 Å². The normalized spacial score (nSPS) is 30.4. The van der Waals surface area contributed by atoms with Crippen molar-refractivity contribution in [3.05, 3.63) is 46.5 Å². The monoisotopic (exact) mass is 298 g/mol. The second-order valence-electron chi connectivity index (χ2n) is 7.19. The summed E-state index contributed by atoms with van der Waals surface area (Å²) in [4.78, 5) is 25.7. The highest BCUT2D eigenvalue weighted by molar-refractivity contribution is 6.27. The van der Waals surface area contributed by atoms with Crippen molar-refractivity contribution in [1.29, 1.82) is 0 Å². The molecule has 0 amide bonds.